The first kappa shape index (κ1) is 13.4. The number of halogens is 1. The lowest BCUT2D eigenvalue weighted by Gasteiger charge is -2.20. The van der Waals surface area contributed by atoms with Crippen molar-refractivity contribution in [2.24, 2.45) is 0 Å². The van der Waals surface area contributed by atoms with E-state index in [1.807, 2.05) is 12.1 Å². The highest BCUT2D eigenvalue weighted by Gasteiger charge is 2.15. The zero-order chi connectivity index (χ0) is 13.5. The van der Waals surface area contributed by atoms with Gasteiger partial charge < -0.3 is 0 Å². The summed E-state index contributed by atoms with van der Waals surface area (Å²) in [5.74, 6) is -0.0928. The summed E-state index contributed by atoms with van der Waals surface area (Å²) in [6.07, 6.45) is 4.30. The van der Waals surface area contributed by atoms with Crippen molar-refractivity contribution in [2.45, 2.75) is 31.1 Å². The lowest BCUT2D eigenvalue weighted by atomic mass is 9.86. The number of hydrogen-bond donors (Lipinski definition) is 1. The van der Waals surface area contributed by atoms with Crippen molar-refractivity contribution in [1.82, 2.24) is 0 Å². The molecule has 0 atom stereocenters. The molecule has 0 aromatic heterocycles. The van der Waals surface area contributed by atoms with E-state index < -0.39 is 0 Å². The van der Waals surface area contributed by atoms with E-state index in [1.54, 1.807) is 6.07 Å². The lowest BCUT2D eigenvalue weighted by Crippen LogP contribution is -2.10. The molecule has 2 aromatic carbocycles. The fourth-order valence-electron chi connectivity index (χ4n) is 2.02. The van der Waals surface area contributed by atoms with Gasteiger partial charge in [-0.2, -0.15) is 0 Å². The topological polar surface area (TPSA) is 0 Å². The number of fused-ring (bicyclic) bond motifs is 1. The van der Waals surface area contributed by atoms with Gasteiger partial charge in [0.05, 0.1) is 0 Å². The van der Waals surface area contributed by atoms with Gasteiger partial charge in [0.15, 0.2) is 0 Å². The third-order valence-electron chi connectivity index (χ3n) is 3.27. The van der Waals surface area contributed by atoms with Crippen LogP contribution in [0.15, 0.2) is 35.2 Å². The van der Waals surface area contributed by atoms with E-state index in [0.717, 1.165) is 15.7 Å². The molecule has 98 valence electrons. The molecule has 0 saturated carbocycles. The van der Waals surface area contributed by atoms with Crippen LogP contribution in [0.2, 0.25) is 0 Å². The molecule has 0 aliphatic rings. The van der Waals surface area contributed by atoms with Crippen molar-refractivity contribution < 1.29 is 4.39 Å². The summed E-state index contributed by atoms with van der Waals surface area (Å²) in [4.78, 5) is 1.12. The molecule has 0 radical (unpaired) electrons. The van der Waals surface area contributed by atoms with Crippen LogP contribution in [-0.4, -0.2) is 12.5 Å². The number of hydrogen-bond acceptors (Lipinski definition) is 0. The van der Waals surface area contributed by atoms with E-state index in [0.29, 0.717) is 0 Å². The van der Waals surface area contributed by atoms with Crippen molar-refractivity contribution in [3.05, 3.63) is 41.7 Å². The van der Waals surface area contributed by atoms with Crippen molar-refractivity contribution >= 4 is 21.7 Å². The third kappa shape index (κ3) is 2.54. The Morgan fingerprint density at radius 1 is 1.00 bits per heavy atom. The molecule has 0 fully saturated rings. The monoisotopic (exact) mass is 264 g/mol. The Morgan fingerprint density at radius 2 is 1.67 bits per heavy atom. The van der Waals surface area contributed by atoms with E-state index in [-0.39, 0.29) is 22.1 Å². The SMILES string of the molecule is C[SH](C)c1cc(F)c2cc(C(C)(C)C)ccc2c1. The second kappa shape index (κ2) is 4.58. The maximum atomic E-state index is 14.2. The fraction of sp³-hybridized carbons (Fsp3) is 0.375. The van der Waals surface area contributed by atoms with Crippen LogP contribution < -0.4 is 0 Å². The van der Waals surface area contributed by atoms with Crippen molar-refractivity contribution in [1.29, 1.82) is 0 Å². The van der Waals surface area contributed by atoms with Crippen molar-refractivity contribution in [3.63, 3.8) is 0 Å². The molecule has 0 aliphatic carbocycles. The van der Waals surface area contributed by atoms with E-state index in [2.05, 4.69) is 45.4 Å². The van der Waals surface area contributed by atoms with Gasteiger partial charge in [-0.15, -0.1) is 0 Å². The minimum Gasteiger partial charge on any atom is -0.233 e. The first-order valence-corrected chi connectivity index (χ1v) is 8.44. The molecule has 0 bridgehead atoms. The van der Waals surface area contributed by atoms with Crippen molar-refractivity contribution in [2.75, 3.05) is 12.5 Å². The average Bonchev–Trinajstić information content (AvgIpc) is 2.27. The number of thiol groups is 1. The van der Waals surface area contributed by atoms with E-state index in [9.17, 15) is 4.39 Å². The molecule has 2 aromatic rings. The van der Waals surface area contributed by atoms with E-state index in [4.69, 9.17) is 0 Å². The molecule has 2 heteroatoms. The van der Waals surface area contributed by atoms with Crippen LogP contribution in [0.3, 0.4) is 0 Å². The Morgan fingerprint density at radius 3 is 2.22 bits per heavy atom. The van der Waals surface area contributed by atoms with Crippen LogP contribution in [0.5, 0.6) is 0 Å². The molecule has 0 saturated heterocycles. The number of rotatable bonds is 1. The molecule has 0 N–H and O–H groups in total. The summed E-state index contributed by atoms with van der Waals surface area (Å²) in [5.41, 5.74) is 1.23. The Kier molecular flexibility index (Phi) is 3.41. The maximum absolute atomic E-state index is 14.2. The van der Waals surface area contributed by atoms with Gasteiger partial charge in [0.2, 0.25) is 0 Å². The molecular weight excluding hydrogens is 243 g/mol. The Hall–Kier alpha value is -1.02. The van der Waals surface area contributed by atoms with Gasteiger partial charge in [0.1, 0.15) is 5.82 Å². The largest absolute Gasteiger partial charge is 0.233 e. The van der Waals surface area contributed by atoms with Crippen molar-refractivity contribution in [3.8, 4) is 0 Å². The molecule has 0 unspecified atom stereocenters. The van der Waals surface area contributed by atoms with Gasteiger partial charge in [-0.1, -0.05) is 32.9 Å². The molecule has 0 spiro atoms. The van der Waals surface area contributed by atoms with Crippen LogP contribution in [0, 0.1) is 5.82 Å². The summed E-state index contributed by atoms with van der Waals surface area (Å²) in [6, 6.07) is 9.96. The second-order valence-corrected chi connectivity index (χ2v) is 8.31. The molecule has 0 heterocycles. The first-order valence-electron chi connectivity index (χ1n) is 6.20. The van der Waals surface area contributed by atoms with Gasteiger partial charge in [-0.3, -0.25) is 0 Å². The van der Waals surface area contributed by atoms with Gasteiger partial charge in [-0.05, 0) is 52.0 Å². The summed E-state index contributed by atoms with van der Waals surface area (Å²) < 4.78 is 14.2. The lowest BCUT2D eigenvalue weighted by molar-refractivity contribution is 0.590. The maximum Gasteiger partial charge on any atom is 0.132 e. The Balaban J connectivity index is 2.66. The van der Waals surface area contributed by atoms with Crippen LogP contribution in [-0.2, 0) is 5.41 Å². The predicted molar refractivity (Wildman–Crippen MR) is 81.7 cm³/mol. The standard InChI is InChI=1S/C16H21FS/c1-16(2,3)12-7-6-11-8-13(18(4)5)10-15(17)14(11)9-12/h6-10,18H,1-5H3. The highest BCUT2D eigenvalue weighted by atomic mass is 32.2. The van der Waals surface area contributed by atoms with Crippen LogP contribution in [0.4, 0.5) is 4.39 Å². The van der Waals surface area contributed by atoms with Gasteiger partial charge in [0.25, 0.3) is 0 Å². The predicted octanol–water partition coefficient (Wildman–Crippen LogP) is 4.90. The van der Waals surface area contributed by atoms with Gasteiger partial charge in [-0.25, -0.2) is 15.3 Å². The van der Waals surface area contributed by atoms with Gasteiger partial charge >= 0.3 is 0 Å². The minimum absolute atomic E-state index is 0.0570. The van der Waals surface area contributed by atoms with Crippen LogP contribution >= 0.6 is 10.9 Å². The molecule has 18 heavy (non-hydrogen) atoms. The Labute approximate surface area is 112 Å². The summed E-state index contributed by atoms with van der Waals surface area (Å²) in [7, 11) is -0.255. The molecular formula is C16H21FS. The van der Waals surface area contributed by atoms with Gasteiger partial charge in [0, 0.05) is 5.39 Å². The average molecular weight is 264 g/mol. The fourth-order valence-corrected chi connectivity index (χ4v) is 2.79. The normalized spacial score (nSPS) is 12.9. The second-order valence-electron chi connectivity index (χ2n) is 6.01. The molecule has 0 aliphatic heterocycles. The quantitative estimate of drug-likeness (QED) is 0.696. The third-order valence-corrected chi connectivity index (χ3v) is 4.56. The smallest absolute Gasteiger partial charge is 0.132 e. The minimum atomic E-state index is -0.255. The molecule has 2 rings (SSSR count). The summed E-state index contributed by atoms with van der Waals surface area (Å²) >= 11 is 0. The summed E-state index contributed by atoms with van der Waals surface area (Å²) in [5, 5.41) is 1.75. The highest BCUT2D eigenvalue weighted by Crippen LogP contribution is 2.34. The summed E-state index contributed by atoms with van der Waals surface area (Å²) in [6.45, 7) is 6.45. The highest BCUT2D eigenvalue weighted by molar-refractivity contribution is 8.15. The zero-order valence-electron chi connectivity index (χ0n) is 11.7. The van der Waals surface area contributed by atoms with Crippen LogP contribution in [0.1, 0.15) is 26.3 Å². The number of benzene rings is 2. The molecule has 0 nitrogen and oxygen atoms in total. The Bertz CT molecular complexity index is 579. The zero-order valence-corrected chi connectivity index (χ0v) is 12.6. The van der Waals surface area contributed by atoms with E-state index >= 15 is 0 Å². The van der Waals surface area contributed by atoms with Crippen LogP contribution in [0.25, 0.3) is 10.8 Å². The van der Waals surface area contributed by atoms with E-state index in [1.165, 1.54) is 5.56 Å². The molecule has 0 amide bonds. The first-order chi connectivity index (χ1) is 8.29.